The Morgan fingerprint density at radius 2 is 1.88 bits per heavy atom. The molecule has 0 spiro atoms. The standard InChI is InChI=1S/C19H20ClNO3S/c1-4-24-19(23)16-10-7-14(11-17(16)20)21-18(22)13(3)25-15-8-5-12(2)6-9-15/h5-11,13H,4H2,1-3H3,(H,21,22). The summed E-state index contributed by atoms with van der Waals surface area (Å²) in [5.41, 5.74) is 2.00. The molecule has 0 heterocycles. The zero-order chi connectivity index (χ0) is 18.4. The lowest BCUT2D eigenvalue weighted by molar-refractivity contribution is -0.115. The second-order valence-corrected chi connectivity index (χ2v) is 7.30. The fourth-order valence-corrected chi connectivity index (χ4v) is 3.21. The Hall–Kier alpha value is -1.98. The Balaban J connectivity index is 2.00. The molecule has 0 saturated carbocycles. The number of carbonyl (C=O) groups excluding carboxylic acids is 2. The number of amides is 1. The summed E-state index contributed by atoms with van der Waals surface area (Å²) in [6, 6.07) is 12.8. The Labute approximate surface area is 156 Å². The number of thioether (sulfide) groups is 1. The van der Waals surface area contributed by atoms with E-state index in [0.717, 1.165) is 4.90 Å². The van der Waals surface area contributed by atoms with Crippen molar-refractivity contribution < 1.29 is 14.3 Å². The maximum absolute atomic E-state index is 12.3. The summed E-state index contributed by atoms with van der Waals surface area (Å²) in [6.07, 6.45) is 0. The lowest BCUT2D eigenvalue weighted by Crippen LogP contribution is -2.22. The van der Waals surface area contributed by atoms with Gasteiger partial charge in [0.2, 0.25) is 5.91 Å². The van der Waals surface area contributed by atoms with Crippen molar-refractivity contribution in [2.24, 2.45) is 0 Å². The quantitative estimate of drug-likeness (QED) is 0.572. The van der Waals surface area contributed by atoms with E-state index in [1.807, 2.05) is 38.1 Å². The zero-order valence-electron chi connectivity index (χ0n) is 14.3. The first-order valence-corrected chi connectivity index (χ1v) is 9.17. The van der Waals surface area contributed by atoms with Gasteiger partial charge in [0.15, 0.2) is 0 Å². The van der Waals surface area contributed by atoms with E-state index in [-0.39, 0.29) is 28.4 Å². The van der Waals surface area contributed by atoms with Gasteiger partial charge in [-0.05, 0) is 51.1 Å². The molecule has 0 saturated heterocycles. The number of aryl methyl sites for hydroxylation is 1. The molecule has 0 bridgehead atoms. The summed E-state index contributed by atoms with van der Waals surface area (Å²) in [6.45, 7) is 5.87. The van der Waals surface area contributed by atoms with E-state index < -0.39 is 5.97 Å². The van der Waals surface area contributed by atoms with Crippen LogP contribution in [0.2, 0.25) is 5.02 Å². The molecular weight excluding hydrogens is 358 g/mol. The maximum atomic E-state index is 12.3. The van der Waals surface area contributed by atoms with Crippen molar-refractivity contribution in [1.29, 1.82) is 0 Å². The van der Waals surface area contributed by atoms with Crippen LogP contribution in [0.1, 0.15) is 29.8 Å². The molecule has 0 fully saturated rings. The van der Waals surface area contributed by atoms with Crippen LogP contribution in [-0.4, -0.2) is 23.7 Å². The molecule has 1 unspecified atom stereocenters. The number of benzene rings is 2. The SMILES string of the molecule is CCOC(=O)c1ccc(NC(=O)C(C)Sc2ccc(C)cc2)cc1Cl. The topological polar surface area (TPSA) is 55.4 Å². The minimum absolute atomic E-state index is 0.134. The number of halogens is 1. The predicted octanol–water partition coefficient (Wildman–Crippen LogP) is 4.94. The number of esters is 1. The molecular formula is C19H20ClNO3S. The molecule has 2 aromatic carbocycles. The number of nitrogens with one attached hydrogen (secondary N) is 1. The molecule has 25 heavy (non-hydrogen) atoms. The average molecular weight is 378 g/mol. The van der Waals surface area contributed by atoms with Crippen LogP contribution in [0.3, 0.4) is 0 Å². The maximum Gasteiger partial charge on any atom is 0.339 e. The van der Waals surface area contributed by atoms with Gasteiger partial charge in [0, 0.05) is 10.6 Å². The van der Waals surface area contributed by atoms with Crippen LogP contribution in [0.15, 0.2) is 47.4 Å². The van der Waals surface area contributed by atoms with Crippen molar-refractivity contribution in [2.75, 3.05) is 11.9 Å². The van der Waals surface area contributed by atoms with E-state index in [1.54, 1.807) is 25.1 Å². The van der Waals surface area contributed by atoms with Gasteiger partial charge in [0.05, 0.1) is 22.4 Å². The third kappa shape index (κ3) is 5.51. The van der Waals surface area contributed by atoms with Gasteiger partial charge in [0.1, 0.15) is 0 Å². The second kappa shape index (κ2) is 8.92. The van der Waals surface area contributed by atoms with Crippen LogP contribution in [0.25, 0.3) is 0 Å². The molecule has 2 aromatic rings. The van der Waals surface area contributed by atoms with Crippen molar-refractivity contribution in [3.63, 3.8) is 0 Å². The van der Waals surface area contributed by atoms with Gasteiger partial charge in [-0.2, -0.15) is 0 Å². The highest BCUT2D eigenvalue weighted by Gasteiger charge is 2.16. The summed E-state index contributed by atoms with van der Waals surface area (Å²) < 4.78 is 4.93. The molecule has 1 N–H and O–H groups in total. The van der Waals surface area contributed by atoms with Gasteiger partial charge >= 0.3 is 5.97 Å². The summed E-state index contributed by atoms with van der Waals surface area (Å²) in [4.78, 5) is 25.1. The summed E-state index contributed by atoms with van der Waals surface area (Å²) in [7, 11) is 0. The largest absolute Gasteiger partial charge is 0.462 e. The lowest BCUT2D eigenvalue weighted by atomic mass is 10.2. The average Bonchev–Trinajstić information content (AvgIpc) is 2.57. The fraction of sp³-hybridized carbons (Fsp3) is 0.263. The van der Waals surface area contributed by atoms with Crippen LogP contribution < -0.4 is 5.32 Å². The number of carbonyl (C=O) groups is 2. The Morgan fingerprint density at radius 1 is 1.20 bits per heavy atom. The van der Waals surface area contributed by atoms with Crippen molar-refractivity contribution in [2.45, 2.75) is 30.9 Å². The molecule has 132 valence electrons. The summed E-state index contributed by atoms with van der Waals surface area (Å²) in [5.74, 6) is -0.612. The van der Waals surface area contributed by atoms with Gasteiger partial charge in [-0.1, -0.05) is 29.3 Å². The number of ether oxygens (including phenoxy) is 1. The van der Waals surface area contributed by atoms with Crippen molar-refractivity contribution in [1.82, 2.24) is 0 Å². The van der Waals surface area contributed by atoms with Gasteiger partial charge in [-0.25, -0.2) is 4.79 Å². The van der Waals surface area contributed by atoms with E-state index in [9.17, 15) is 9.59 Å². The molecule has 0 aliphatic rings. The molecule has 4 nitrogen and oxygen atoms in total. The van der Waals surface area contributed by atoms with Crippen LogP contribution in [0.5, 0.6) is 0 Å². The van der Waals surface area contributed by atoms with Gasteiger partial charge in [-0.15, -0.1) is 11.8 Å². The van der Waals surface area contributed by atoms with E-state index >= 15 is 0 Å². The number of hydrogen-bond donors (Lipinski definition) is 1. The normalized spacial score (nSPS) is 11.7. The highest BCUT2D eigenvalue weighted by Crippen LogP contribution is 2.26. The first-order chi connectivity index (χ1) is 11.9. The van der Waals surface area contributed by atoms with E-state index in [2.05, 4.69) is 5.32 Å². The molecule has 1 atom stereocenters. The lowest BCUT2D eigenvalue weighted by Gasteiger charge is -2.13. The smallest absolute Gasteiger partial charge is 0.339 e. The van der Waals surface area contributed by atoms with Crippen molar-refractivity contribution in [3.8, 4) is 0 Å². The molecule has 0 aromatic heterocycles. The molecule has 6 heteroatoms. The van der Waals surface area contributed by atoms with E-state index in [1.165, 1.54) is 17.3 Å². The van der Waals surface area contributed by atoms with Crippen molar-refractivity contribution in [3.05, 3.63) is 58.6 Å². The minimum atomic E-state index is -0.478. The fourth-order valence-electron chi connectivity index (χ4n) is 2.09. The van der Waals surface area contributed by atoms with Gasteiger partial charge in [-0.3, -0.25) is 4.79 Å². The predicted molar refractivity (Wildman–Crippen MR) is 103 cm³/mol. The first kappa shape index (κ1) is 19.3. The van der Waals surface area contributed by atoms with Crippen LogP contribution in [0.4, 0.5) is 5.69 Å². The van der Waals surface area contributed by atoms with Crippen LogP contribution in [0, 0.1) is 6.92 Å². The van der Waals surface area contributed by atoms with Gasteiger partial charge < -0.3 is 10.1 Å². The van der Waals surface area contributed by atoms with Gasteiger partial charge in [0.25, 0.3) is 0 Å². The zero-order valence-corrected chi connectivity index (χ0v) is 15.9. The minimum Gasteiger partial charge on any atom is -0.462 e. The van der Waals surface area contributed by atoms with Crippen molar-refractivity contribution >= 4 is 40.9 Å². The third-order valence-corrected chi connectivity index (χ3v) is 4.86. The Kier molecular flexibility index (Phi) is 6.91. The Bertz CT molecular complexity index is 762. The summed E-state index contributed by atoms with van der Waals surface area (Å²) >= 11 is 7.59. The van der Waals surface area contributed by atoms with E-state index in [4.69, 9.17) is 16.3 Å². The summed E-state index contributed by atoms with van der Waals surface area (Å²) in [5, 5.41) is 2.79. The Morgan fingerprint density at radius 3 is 2.48 bits per heavy atom. The molecule has 1 amide bonds. The van der Waals surface area contributed by atoms with Crippen LogP contribution in [-0.2, 0) is 9.53 Å². The first-order valence-electron chi connectivity index (χ1n) is 7.91. The number of hydrogen-bond acceptors (Lipinski definition) is 4. The molecule has 0 aliphatic carbocycles. The van der Waals surface area contributed by atoms with E-state index in [0.29, 0.717) is 5.69 Å². The number of anilines is 1. The highest BCUT2D eigenvalue weighted by atomic mass is 35.5. The monoisotopic (exact) mass is 377 g/mol. The molecule has 2 rings (SSSR count). The molecule has 0 aliphatic heterocycles. The second-order valence-electron chi connectivity index (χ2n) is 5.48. The third-order valence-electron chi connectivity index (χ3n) is 3.44. The van der Waals surface area contributed by atoms with Crippen LogP contribution >= 0.6 is 23.4 Å². The molecule has 0 radical (unpaired) electrons. The highest BCUT2D eigenvalue weighted by molar-refractivity contribution is 8.00. The number of rotatable bonds is 6.